The van der Waals surface area contributed by atoms with Crippen LogP contribution in [0.5, 0.6) is 11.5 Å². The zero-order chi connectivity index (χ0) is 15.9. The van der Waals surface area contributed by atoms with Gasteiger partial charge in [0, 0.05) is 0 Å². The fourth-order valence-electron chi connectivity index (χ4n) is 1.90. The quantitative estimate of drug-likeness (QED) is 0.360. The molecule has 0 aromatic heterocycles. The average Bonchev–Trinajstić information content (AvgIpc) is 2.52. The zero-order valence-corrected chi connectivity index (χ0v) is 13.0. The first-order valence-electron chi connectivity index (χ1n) is 7.03. The number of rotatable bonds is 5. The highest BCUT2D eigenvalue weighted by molar-refractivity contribution is 6.32. The van der Waals surface area contributed by atoms with Crippen molar-refractivity contribution in [2.24, 2.45) is 0 Å². The van der Waals surface area contributed by atoms with E-state index in [9.17, 15) is 4.79 Å². The SMILES string of the molecule is CCCCOC(=O)/C(C#N)=C/c1cc(Cl)c2c(c1)OCCO2. The van der Waals surface area contributed by atoms with E-state index >= 15 is 0 Å². The summed E-state index contributed by atoms with van der Waals surface area (Å²) >= 11 is 6.12. The normalized spacial score (nSPS) is 13.4. The molecule has 1 aromatic carbocycles. The molecule has 5 nitrogen and oxygen atoms in total. The number of nitriles is 1. The van der Waals surface area contributed by atoms with Gasteiger partial charge in [-0.15, -0.1) is 0 Å². The Labute approximate surface area is 134 Å². The number of hydrogen-bond acceptors (Lipinski definition) is 5. The van der Waals surface area contributed by atoms with Crippen LogP contribution in [0.4, 0.5) is 0 Å². The number of nitrogens with zero attached hydrogens (tertiary/aromatic N) is 1. The van der Waals surface area contributed by atoms with Gasteiger partial charge in [-0.05, 0) is 30.2 Å². The van der Waals surface area contributed by atoms with E-state index in [1.807, 2.05) is 13.0 Å². The van der Waals surface area contributed by atoms with Crippen molar-refractivity contribution >= 4 is 23.6 Å². The molecule has 0 atom stereocenters. The molecule has 0 aliphatic carbocycles. The van der Waals surface area contributed by atoms with E-state index in [1.54, 1.807) is 12.1 Å². The van der Waals surface area contributed by atoms with E-state index in [-0.39, 0.29) is 5.57 Å². The molecule has 1 aliphatic rings. The highest BCUT2D eigenvalue weighted by atomic mass is 35.5. The van der Waals surface area contributed by atoms with Gasteiger partial charge in [-0.2, -0.15) is 5.26 Å². The van der Waals surface area contributed by atoms with Crippen molar-refractivity contribution in [3.8, 4) is 17.6 Å². The first-order chi connectivity index (χ1) is 10.7. The Morgan fingerprint density at radius 1 is 1.45 bits per heavy atom. The molecule has 6 heteroatoms. The summed E-state index contributed by atoms with van der Waals surface area (Å²) in [6, 6.07) is 5.14. The minimum Gasteiger partial charge on any atom is -0.486 e. The van der Waals surface area contributed by atoms with Crippen LogP contribution in [0.15, 0.2) is 17.7 Å². The summed E-state index contributed by atoms with van der Waals surface area (Å²) in [5, 5.41) is 9.49. The van der Waals surface area contributed by atoms with Crippen molar-refractivity contribution in [3.63, 3.8) is 0 Å². The van der Waals surface area contributed by atoms with Gasteiger partial charge in [0.15, 0.2) is 11.5 Å². The lowest BCUT2D eigenvalue weighted by Gasteiger charge is -2.19. The monoisotopic (exact) mass is 321 g/mol. The molecular formula is C16H16ClNO4. The summed E-state index contributed by atoms with van der Waals surface area (Å²) in [5.41, 5.74) is 0.502. The Bertz CT molecular complexity index is 634. The number of fused-ring (bicyclic) bond motifs is 1. The van der Waals surface area contributed by atoms with Crippen molar-refractivity contribution < 1.29 is 19.0 Å². The second kappa shape index (κ2) is 7.71. The second-order valence-electron chi connectivity index (χ2n) is 4.69. The molecule has 0 unspecified atom stereocenters. The Kier molecular flexibility index (Phi) is 5.68. The van der Waals surface area contributed by atoms with Crippen molar-refractivity contribution in [2.45, 2.75) is 19.8 Å². The number of benzene rings is 1. The first-order valence-corrected chi connectivity index (χ1v) is 7.41. The van der Waals surface area contributed by atoms with Crippen LogP contribution in [0.3, 0.4) is 0 Å². The number of esters is 1. The second-order valence-corrected chi connectivity index (χ2v) is 5.09. The van der Waals surface area contributed by atoms with Gasteiger partial charge in [0.25, 0.3) is 0 Å². The molecule has 0 spiro atoms. The van der Waals surface area contributed by atoms with E-state index in [1.165, 1.54) is 6.08 Å². The van der Waals surface area contributed by atoms with Crippen LogP contribution in [0.25, 0.3) is 6.08 Å². The van der Waals surface area contributed by atoms with Crippen LogP contribution >= 0.6 is 11.6 Å². The third-order valence-electron chi connectivity index (χ3n) is 3.00. The van der Waals surface area contributed by atoms with E-state index in [2.05, 4.69) is 0 Å². The number of halogens is 1. The standard InChI is InChI=1S/C16H16ClNO4/c1-2-3-4-22-16(19)12(10-18)7-11-8-13(17)15-14(9-11)20-5-6-21-15/h7-9H,2-6H2,1H3/b12-7+. The highest BCUT2D eigenvalue weighted by Gasteiger charge is 2.17. The molecule has 116 valence electrons. The maximum atomic E-state index is 11.8. The van der Waals surface area contributed by atoms with E-state index < -0.39 is 5.97 Å². The fraction of sp³-hybridized carbons (Fsp3) is 0.375. The summed E-state index contributed by atoms with van der Waals surface area (Å²) < 4.78 is 15.9. The molecule has 2 rings (SSSR count). The van der Waals surface area contributed by atoms with E-state index in [4.69, 9.17) is 31.1 Å². The van der Waals surface area contributed by atoms with E-state index in [0.717, 1.165) is 12.8 Å². The minimum atomic E-state index is -0.637. The lowest BCUT2D eigenvalue weighted by Crippen LogP contribution is -2.15. The topological polar surface area (TPSA) is 68.6 Å². The van der Waals surface area contributed by atoms with Gasteiger partial charge in [0.1, 0.15) is 24.9 Å². The van der Waals surface area contributed by atoms with Gasteiger partial charge in [-0.25, -0.2) is 4.79 Å². The van der Waals surface area contributed by atoms with Crippen molar-refractivity contribution in [1.82, 2.24) is 0 Å². The fourth-order valence-corrected chi connectivity index (χ4v) is 2.18. The van der Waals surface area contributed by atoms with Gasteiger partial charge in [-0.1, -0.05) is 24.9 Å². The number of ether oxygens (including phenoxy) is 3. The van der Waals surface area contributed by atoms with Crippen LogP contribution in [-0.2, 0) is 9.53 Å². The molecule has 0 bridgehead atoms. The summed E-state index contributed by atoms with van der Waals surface area (Å²) in [7, 11) is 0. The third kappa shape index (κ3) is 3.92. The maximum Gasteiger partial charge on any atom is 0.348 e. The molecule has 0 saturated heterocycles. The van der Waals surface area contributed by atoms with Crippen LogP contribution in [0.1, 0.15) is 25.3 Å². The molecule has 22 heavy (non-hydrogen) atoms. The molecule has 0 amide bonds. The highest BCUT2D eigenvalue weighted by Crippen LogP contribution is 2.38. The number of carbonyl (C=O) groups excluding carboxylic acids is 1. The van der Waals surface area contributed by atoms with Crippen LogP contribution in [-0.4, -0.2) is 25.8 Å². The third-order valence-corrected chi connectivity index (χ3v) is 3.28. The average molecular weight is 322 g/mol. The first kappa shape index (κ1) is 16.2. The Hall–Kier alpha value is -2.19. The Morgan fingerprint density at radius 2 is 2.23 bits per heavy atom. The van der Waals surface area contributed by atoms with Gasteiger partial charge in [0.05, 0.1) is 11.6 Å². The van der Waals surface area contributed by atoms with Crippen molar-refractivity contribution in [1.29, 1.82) is 5.26 Å². The predicted molar refractivity (Wildman–Crippen MR) is 81.9 cm³/mol. The van der Waals surface area contributed by atoms with Gasteiger partial charge >= 0.3 is 5.97 Å². The van der Waals surface area contributed by atoms with Crippen molar-refractivity contribution in [3.05, 3.63) is 28.3 Å². The summed E-state index contributed by atoms with van der Waals surface area (Å²) in [4.78, 5) is 11.8. The largest absolute Gasteiger partial charge is 0.486 e. The summed E-state index contributed by atoms with van der Waals surface area (Å²) in [6.07, 6.45) is 3.11. The Balaban J connectivity index is 2.21. The van der Waals surface area contributed by atoms with Gasteiger partial charge in [-0.3, -0.25) is 0 Å². The molecule has 1 aliphatic heterocycles. The molecule has 0 radical (unpaired) electrons. The molecule has 1 aromatic rings. The number of carbonyl (C=O) groups is 1. The number of unbranched alkanes of at least 4 members (excludes halogenated alkanes) is 1. The summed E-state index contributed by atoms with van der Waals surface area (Å²) in [5.74, 6) is 0.345. The molecule has 0 saturated carbocycles. The minimum absolute atomic E-state index is 0.0798. The van der Waals surface area contributed by atoms with Gasteiger partial charge in [0.2, 0.25) is 0 Å². The van der Waals surface area contributed by atoms with Crippen LogP contribution in [0.2, 0.25) is 5.02 Å². The van der Waals surface area contributed by atoms with Crippen LogP contribution in [0, 0.1) is 11.3 Å². The predicted octanol–water partition coefficient (Wildman–Crippen LogP) is 3.36. The number of hydrogen-bond donors (Lipinski definition) is 0. The molecule has 0 N–H and O–H groups in total. The smallest absolute Gasteiger partial charge is 0.348 e. The molecule has 1 heterocycles. The molecule has 0 fully saturated rings. The van der Waals surface area contributed by atoms with Gasteiger partial charge < -0.3 is 14.2 Å². The Morgan fingerprint density at radius 3 is 2.95 bits per heavy atom. The lowest BCUT2D eigenvalue weighted by atomic mass is 10.1. The van der Waals surface area contributed by atoms with Crippen molar-refractivity contribution in [2.75, 3.05) is 19.8 Å². The summed E-state index contributed by atoms with van der Waals surface area (Å²) in [6.45, 7) is 3.16. The molecular weight excluding hydrogens is 306 g/mol. The van der Waals surface area contributed by atoms with E-state index in [0.29, 0.717) is 41.9 Å². The zero-order valence-electron chi connectivity index (χ0n) is 12.2. The maximum absolute atomic E-state index is 11.8. The van der Waals surface area contributed by atoms with Crippen LogP contribution < -0.4 is 9.47 Å². The lowest BCUT2D eigenvalue weighted by molar-refractivity contribution is -0.138.